The summed E-state index contributed by atoms with van der Waals surface area (Å²) in [5.74, 6) is -6.07. The maximum atomic E-state index is 13.3. The lowest BCUT2D eigenvalue weighted by molar-refractivity contribution is -0.348. The Morgan fingerprint density at radius 1 is 1.00 bits per heavy atom. The molecule has 0 aromatic carbocycles. The Morgan fingerprint density at radius 2 is 1.75 bits per heavy atom. The van der Waals surface area contributed by atoms with E-state index in [2.05, 4.69) is 6.58 Å². The average molecular weight is 829 g/mol. The first-order valence-corrected chi connectivity index (χ1v) is 20.8. The van der Waals surface area contributed by atoms with Crippen LogP contribution in [0.4, 0.5) is 0 Å². The zero-order valence-corrected chi connectivity index (χ0v) is 35.5. The van der Waals surface area contributed by atoms with E-state index in [1.54, 1.807) is 45.9 Å². The average Bonchev–Trinajstić information content (AvgIpc) is 3.54. The fourth-order valence-electron chi connectivity index (χ4n) is 8.67. The van der Waals surface area contributed by atoms with Crippen molar-refractivity contribution < 1.29 is 68.0 Å². The van der Waals surface area contributed by atoms with Crippen LogP contribution in [0.5, 0.6) is 0 Å². The van der Waals surface area contributed by atoms with Gasteiger partial charge in [0.15, 0.2) is 18.0 Å². The lowest BCUT2D eigenvalue weighted by Gasteiger charge is -2.53. The highest BCUT2D eigenvalue weighted by Gasteiger charge is 2.63. The van der Waals surface area contributed by atoms with Gasteiger partial charge in [-0.1, -0.05) is 89.6 Å². The number of fused-ring (bicyclic) bond motifs is 8. The van der Waals surface area contributed by atoms with Crippen LogP contribution in [0.3, 0.4) is 0 Å². The molecule has 3 saturated heterocycles. The molecule has 0 unspecified atom stereocenters. The molecule has 0 aromatic heterocycles. The lowest BCUT2D eigenvalue weighted by atomic mass is 9.70. The number of aliphatic hydroxyl groups is 4. The van der Waals surface area contributed by atoms with Gasteiger partial charge in [0, 0.05) is 62.2 Å². The Kier molecular flexibility index (Phi) is 14.9. The van der Waals surface area contributed by atoms with Crippen LogP contribution < -0.4 is 0 Å². The molecule has 0 amide bonds. The monoisotopic (exact) mass is 828 g/mol. The summed E-state index contributed by atoms with van der Waals surface area (Å²) >= 11 is 0. The smallest absolute Gasteiger partial charge is 0.331 e. The second-order valence-electron chi connectivity index (χ2n) is 17.6. The first-order valence-electron chi connectivity index (χ1n) is 20.8. The first-order chi connectivity index (χ1) is 27.7. The Morgan fingerprint density at radius 3 is 2.42 bits per heavy atom. The summed E-state index contributed by atoms with van der Waals surface area (Å²) in [6.07, 6.45) is 7.50. The van der Waals surface area contributed by atoms with Gasteiger partial charge in [0.2, 0.25) is 5.79 Å². The predicted octanol–water partition coefficient (Wildman–Crippen LogP) is 5.09. The Bertz CT molecular complexity index is 1710. The van der Waals surface area contributed by atoms with Gasteiger partial charge in [-0.25, -0.2) is 9.59 Å². The van der Waals surface area contributed by atoms with Crippen molar-refractivity contribution in [3.05, 3.63) is 72.1 Å². The van der Waals surface area contributed by atoms with Crippen molar-refractivity contribution in [1.29, 1.82) is 0 Å². The van der Waals surface area contributed by atoms with Crippen LogP contribution in [0.2, 0.25) is 0 Å². The number of aliphatic hydroxyl groups excluding tert-OH is 2. The molecule has 5 rings (SSSR count). The number of esters is 3. The third-order valence-corrected chi connectivity index (χ3v) is 12.2. The van der Waals surface area contributed by atoms with E-state index in [0.717, 1.165) is 18.4 Å². The first kappa shape index (κ1) is 46.4. The quantitative estimate of drug-likeness (QED) is 0.0871. The molecule has 5 aliphatic heterocycles. The molecule has 0 radical (unpaired) electrons. The molecule has 4 N–H and O–H groups in total. The molecule has 328 valence electrons. The normalized spacial score (nSPS) is 38.8. The molecular weight excluding hydrogens is 764 g/mol. The zero-order chi connectivity index (χ0) is 43.3. The van der Waals surface area contributed by atoms with Crippen LogP contribution in [0.25, 0.3) is 0 Å². The maximum absolute atomic E-state index is 13.3. The highest BCUT2D eigenvalue weighted by molar-refractivity contribution is 5.87. The number of rotatable bonds is 7. The van der Waals surface area contributed by atoms with Gasteiger partial charge < -0.3 is 53.6 Å². The lowest BCUT2D eigenvalue weighted by Crippen LogP contribution is -2.65. The molecule has 6 bridgehead atoms. The number of ether oxygens (including phenoxy) is 7. The van der Waals surface area contributed by atoms with Crippen molar-refractivity contribution in [2.45, 2.75) is 173 Å². The molecular formula is C45H64O14. The molecule has 3 fully saturated rings. The molecule has 0 aromatic rings. The number of hydrogen-bond acceptors (Lipinski definition) is 14. The van der Waals surface area contributed by atoms with Gasteiger partial charge in [0.05, 0.1) is 42.2 Å². The highest BCUT2D eigenvalue weighted by Crippen LogP contribution is 2.51. The van der Waals surface area contributed by atoms with Crippen molar-refractivity contribution in [1.82, 2.24) is 0 Å². The summed E-state index contributed by atoms with van der Waals surface area (Å²) in [6, 6.07) is 0. The van der Waals surface area contributed by atoms with Crippen molar-refractivity contribution in [3.8, 4) is 0 Å². The van der Waals surface area contributed by atoms with Gasteiger partial charge in [-0.05, 0) is 26.2 Å². The van der Waals surface area contributed by atoms with Crippen LogP contribution in [0.15, 0.2) is 72.1 Å². The fraction of sp³-hybridized carbons (Fsp3) is 0.667. The largest absolute Gasteiger partial charge is 0.493 e. The van der Waals surface area contributed by atoms with Crippen LogP contribution in [0.1, 0.15) is 106 Å². The number of unbranched alkanes of at least 4 members (excludes halogenated alkanes) is 1. The number of hydrogen-bond donors (Lipinski definition) is 4. The second kappa shape index (κ2) is 19.0. The van der Waals surface area contributed by atoms with Gasteiger partial charge in [-0.3, -0.25) is 4.79 Å². The van der Waals surface area contributed by atoms with Gasteiger partial charge in [-0.2, -0.15) is 0 Å². The molecule has 0 spiro atoms. The van der Waals surface area contributed by atoms with Crippen LogP contribution >= 0.6 is 0 Å². The van der Waals surface area contributed by atoms with Crippen LogP contribution in [0, 0.1) is 10.8 Å². The molecule has 11 atom stereocenters. The second-order valence-corrected chi connectivity index (χ2v) is 17.6. The Hall–Kier alpha value is -3.63. The molecule has 5 aliphatic rings. The summed E-state index contributed by atoms with van der Waals surface area (Å²) in [5, 5.41) is 47.1. The molecule has 14 nitrogen and oxygen atoms in total. The van der Waals surface area contributed by atoms with E-state index in [9.17, 15) is 34.8 Å². The molecule has 0 saturated carbocycles. The Balaban J connectivity index is 1.56. The van der Waals surface area contributed by atoms with Gasteiger partial charge in [-0.15, -0.1) is 0 Å². The standard InChI is InChI=1S/C45H64O14/c1-9-11-12-13-14-15-38(49)57-41-35-24-39(50)56-40(35)36-22-34(26-46)53-27(3)18-30(48)21-32-23-37(54-28(4)47)43(7,8)44(51,58-32)25-33-20-29(10-2)19-31(55-33)16-17-42(5,6)45(41,52)59-36/h10,12-17,24,30-34,36-37,40-41,46,48,51-52H,3,9,11,18-23,25-26H2,1-2,4-8H3/b13-12+,15-14+,17-16+,29-10+/t30-,31-,32+,33-,34+,36+,37-,40+,41-,44-,45+/m0/s1. The minimum Gasteiger partial charge on any atom is -0.493 e. The van der Waals surface area contributed by atoms with E-state index in [1.807, 2.05) is 26.0 Å². The third kappa shape index (κ3) is 10.6. The predicted molar refractivity (Wildman–Crippen MR) is 215 cm³/mol. The molecule has 14 heteroatoms. The fourth-order valence-corrected chi connectivity index (χ4v) is 8.67. The van der Waals surface area contributed by atoms with Crippen LogP contribution in [-0.4, -0.2) is 111 Å². The van der Waals surface area contributed by atoms with E-state index in [0.29, 0.717) is 12.8 Å². The van der Waals surface area contributed by atoms with Gasteiger partial charge >= 0.3 is 17.9 Å². The zero-order valence-electron chi connectivity index (χ0n) is 35.5. The third-order valence-electron chi connectivity index (χ3n) is 12.2. The van der Waals surface area contributed by atoms with E-state index >= 15 is 0 Å². The summed E-state index contributed by atoms with van der Waals surface area (Å²) in [7, 11) is 0. The molecule has 59 heavy (non-hydrogen) atoms. The van der Waals surface area contributed by atoms with Crippen LogP contribution in [-0.2, 0) is 47.5 Å². The van der Waals surface area contributed by atoms with E-state index in [1.165, 1.54) is 25.2 Å². The van der Waals surface area contributed by atoms with Crippen molar-refractivity contribution >= 4 is 17.9 Å². The topological polar surface area (TPSA) is 197 Å². The van der Waals surface area contributed by atoms with Gasteiger partial charge in [0.1, 0.15) is 18.3 Å². The van der Waals surface area contributed by atoms with Crippen molar-refractivity contribution in [2.75, 3.05) is 6.61 Å². The SMILES string of the molecule is C=C1C[C@H](O)C[C@@H]2C[C@H](OC(C)=O)C(C)(C)[C@](O)(C[C@@H]3C/C(=C/C)C[C@H](/C=C/C(C)(C)[C@]4(O)O[C@H](C[C@H](CO)O1)[C@@H]1OC(=O)C=C1[C@@H]4OC(=O)/C=C/C=C/CCC)O3)O2. The number of allylic oxidation sites excluding steroid dienone is 4. The van der Waals surface area contributed by atoms with E-state index in [-0.39, 0.29) is 43.4 Å². The maximum Gasteiger partial charge on any atom is 0.331 e. The molecule has 0 aliphatic carbocycles. The minimum absolute atomic E-state index is 0.000902. The number of carbonyl (C=O) groups excluding carboxylic acids is 3. The van der Waals surface area contributed by atoms with E-state index < -0.39 is 102 Å². The number of carbonyl (C=O) groups is 3. The Labute approximate surface area is 347 Å². The molecule has 5 heterocycles. The minimum atomic E-state index is -2.31. The summed E-state index contributed by atoms with van der Waals surface area (Å²) in [4.78, 5) is 38.5. The van der Waals surface area contributed by atoms with E-state index in [4.69, 9.17) is 33.2 Å². The van der Waals surface area contributed by atoms with Crippen molar-refractivity contribution in [2.24, 2.45) is 10.8 Å². The summed E-state index contributed by atoms with van der Waals surface area (Å²) < 4.78 is 43.0. The van der Waals surface area contributed by atoms with Gasteiger partial charge in [0.25, 0.3) is 0 Å². The summed E-state index contributed by atoms with van der Waals surface area (Å²) in [5.41, 5.74) is -1.21. The summed E-state index contributed by atoms with van der Waals surface area (Å²) in [6.45, 7) is 15.7. The highest BCUT2D eigenvalue weighted by atomic mass is 16.7. The van der Waals surface area contributed by atoms with Crippen molar-refractivity contribution in [3.63, 3.8) is 0 Å².